The minimum Gasteiger partial charge on any atom is -0.550 e. The molecule has 0 bridgehead atoms. The second kappa shape index (κ2) is 8.10. The highest BCUT2D eigenvalue weighted by molar-refractivity contribution is 6.31. The first-order valence-corrected chi connectivity index (χ1v) is 8.74. The molecule has 2 aromatic carbocycles. The van der Waals surface area contributed by atoms with Crippen LogP contribution in [0.3, 0.4) is 0 Å². The summed E-state index contributed by atoms with van der Waals surface area (Å²) < 4.78 is 0. The van der Waals surface area contributed by atoms with Gasteiger partial charge in [0.2, 0.25) is 5.91 Å². The van der Waals surface area contributed by atoms with E-state index < -0.39 is 29.3 Å². The number of nitrogens with one attached hydrogen (secondary N) is 1. The quantitative estimate of drug-likeness (QED) is 0.587. The molecule has 2 aromatic rings. The van der Waals surface area contributed by atoms with E-state index in [1.165, 1.54) is 17.1 Å². The number of carboxylic acid groups (broad SMARTS) is 1. The molecule has 1 N–H and O–H groups in total. The number of non-ortho nitro benzene ring substituents is 1. The van der Waals surface area contributed by atoms with Crippen molar-refractivity contribution in [2.75, 3.05) is 0 Å². The van der Waals surface area contributed by atoms with Crippen LogP contribution in [-0.4, -0.2) is 21.8 Å². The molecule has 1 amide bonds. The zero-order valence-corrected chi connectivity index (χ0v) is 15.3. The number of hydrazine groups is 1. The number of rotatable bonds is 6. The van der Waals surface area contributed by atoms with Crippen LogP contribution in [0.15, 0.2) is 54.6 Å². The number of benzene rings is 2. The summed E-state index contributed by atoms with van der Waals surface area (Å²) in [5.41, 5.74) is 4.77. The summed E-state index contributed by atoms with van der Waals surface area (Å²) in [5.74, 6) is -1.76. The standard InChI is InChI=1S/C19H16ClN3O5/c20-15-4-2-1-3-14(15)17-11-16(12-5-7-13(8-6-12)23(27)28)21-22(17)18(24)9-10-19(25)26/h1-8,11,17,21H,9-10H2,(H,25,26)/p-1. The van der Waals surface area contributed by atoms with Crippen LogP contribution in [-0.2, 0) is 9.59 Å². The number of aliphatic carboxylic acids is 1. The highest BCUT2D eigenvalue weighted by Crippen LogP contribution is 2.35. The van der Waals surface area contributed by atoms with Gasteiger partial charge in [-0.25, -0.2) is 5.01 Å². The average Bonchev–Trinajstić information content (AvgIpc) is 3.11. The molecule has 1 atom stereocenters. The molecule has 0 aromatic heterocycles. The Bertz CT molecular complexity index is 958. The summed E-state index contributed by atoms with van der Waals surface area (Å²) in [6.07, 6.45) is 1.12. The molecule has 0 aliphatic carbocycles. The van der Waals surface area contributed by atoms with Crippen LogP contribution >= 0.6 is 11.6 Å². The van der Waals surface area contributed by atoms with Crippen LogP contribution in [0.4, 0.5) is 5.69 Å². The van der Waals surface area contributed by atoms with E-state index in [4.69, 9.17) is 11.6 Å². The van der Waals surface area contributed by atoms with Crippen LogP contribution in [0.2, 0.25) is 5.02 Å². The van der Waals surface area contributed by atoms with E-state index >= 15 is 0 Å². The van der Waals surface area contributed by atoms with Gasteiger partial charge >= 0.3 is 0 Å². The Morgan fingerprint density at radius 2 is 1.79 bits per heavy atom. The van der Waals surface area contributed by atoms with E-state index in [0.717, 1.165) is 0 Å². The Hall–Kier alpha value is -3.39. The first-order chi connectivity index (χ1) is 13.4. The molecule has 1 heterocycles. The van der Waals surface area contributed by atoms with Crippen molar-refractivity contribution in [2.45, 2.75) is 18.9 Å². The summed E-state index contributed by atoms with van der Waals surface area (Å²) >= 11 is 6.28. The molecule has 0 saturated heterocycles. The van der Waals surface area contributed by atoms with E-state index in [9.17, 15) is 24.8 Å². The average molecular weight is 401 g/mol. The lowest BCUT2D eigenvalue weighted by atomic mass is 10.0. The van der Waals surface area contributed by atoms with Gasteiger partial charge in [-0.1, -0.05) is 29.8 Å². The number of hydrogen-bond acceptors (Lipinski definition) is 6. The van der Waals surface area contributed by atoms with Crippen molar-refractivity contribution in [3.63, 3.8) is 0 Å². The fourth-order valence-electron chi connectivity index (χ4n) is 2.88. The second-order valence-corrected chi connectivity index (χ2v) is 6.51. The van der Waals surface area contributed by atoms with Gasteiger partial charge in [0.15, 0.2) is 0 Å². The highest BCUT2D eigenvalue weighted by atomic mass is 35.5. The number of hydrogen-bond donors (Lipinski definition) is 1. The molecule has 9 heteroatoms. The zero-order valence-electron chi connectivity index (χ0n) is 14.5. The third kappa shape index (κ3) is 4.12. The molecule has 144 valence electrons. The number of halogens is 1. The number of carboxylic acids is 1. The van der Waals surface area contributed by atoms with Crippen molar-refractivity contribution in [3.8, 4) is 0 Å². The number of carbonyl (C=O) groups is 2. The van der Waals surface area contributed by atoms with Crippen LogP contribution in [0.5, 0.6) is 0 Å². The van der Waals surface area contributed by atoms with Gasteiger partial charge in [-0.05, 0) is 41.8 Å². The highest BCUT2D eigenvalue weighted by Gasteiger charge is 2.31. The summed E-state index contributed by atoms with van der Waals surface area (Å²) in [6.45, 7) is 0. The van der Waals surface area contributed by atoms with E-state index in [0.29, 0.717) is 21.8 Å². The number of amides is 1. The zero-order chi connectivity index (χ0) is 20.3. The largest absolute Gasteiger partial charge is 0.550 e. The van der Waals surface area contributed by atoms with Crippen molar-refractivity contribution < 1.29 is 19.6 Å². The van der Waals surface area contributed by atoms with Gasteiger partial charge in [-0.2, -0.15) is 0 Å². The van der Waals surface area contributed by atoms with Crippen molar-refractivity contribution in [1.29, 1.82) is 0 Å². The van der Waals surface area contributed by atoms with Crippen molar-refractivity contribution in [1.82, 2.24) is 10.4 Å². The number of nitrogens with zero attached hydrogens (tertiary/aromatic N) is 2. The molecule has 3 rings (SSSR count). The molecule has 1 unspecified atom stereocenters. The Morgan fingerprint density at radius 1 is 1.11 bits per heavy atom. The molecule has 1 aliphatic heterocycles. The molecule has 0 fully saturated rings. The predicted molar refractivity (Wildman–Crippen MR) is 99.5 cm³/mol. The van der Waals surface area contributed by atoms with Gasteiger partial charge < -0.3 is 9.90 Å². The molecular formula is C19H15ClN3O5-. The molecule has 0 saturated carbocycles. The number of carbonyl (C=O) groups excluding carboxylic acids is 2. The molecule has 28 heavy (non-hydrogen) atoms. The summed E-state index contributed by atoms with van der Waals surface area (Å²) in [6, 6.07) is 12.3. The SMILES string of the molecule is O=C([O-])CCC(=O)N1NC(c2ccc([N+](=O)[O-])cc2)=CC1c1ccccc1Cl. The van der Waals surface area contributed by atoms with E-state index in [1.54, 1.807) is 42.5 Å². The third-order valence-electron chi connectivity index (χ3n) is 4.27. The lowest BCUT2D eigenvalue weighted by Crippen LogP contribution is -2.40. The van der Waals surface area contributed by atoms with Crippen LogP contribution < -0.4 is 10.5 Å². The molecule has 0 radical (unpaired) electrons. The maximum Gasteiger partial charge on any atom is 0.269 e. The molecule has 0 spiro atoms. The molecule has 8 nitrogen and oxygen atoms in total. The number of nitro groups is 1. The fourth-order valence-corrected chi connectivity index (χ4v) is 3.13. The second-order valence-electron chi connectivity index (χ2n) is 6.10. The van der Waals surface area contributed by atoms with Gasteiger partial charge in [0.25, 0.3) is 5.69 Å². The van der Waals surface area contributed by atoms with Crippen molar-refractivity contribution >= 4 is 34.9 Å². The maximum atomic E-state index is 12.6. The van der Waals surface area contributed by atoms with Gasteiger partial charge in [0, 0.05) is 29.5 Å². The van der Waals surface area contributed by atoms with Gasteiger partial charge in [0.05, 0.1) is 10.6 Å². The Morgan fingerprint density at radius 3 is 2.39 bits per heavy atom. The van der Waals surface area contributed by atoms with Crippen LogP contribution in [0.1, 0.15) is 30.0 Å². The first kappa shape index (κ1) is 19.4. The lowest BCUT2D eigenvalue weighted by molar-refractivity contribution is -0.384. The van der Waals surface area contributed by atoms with Crippen molar-refractivity contribution in [2.24, 2.45) is 0 Å². The number of nitro benzene ring substituents is 1. The van der Waals surface area contributed by atoms with Crippen molar-refractivity contribution in [3.05, 3.63) is 80.9 Å². The van der Waals surface area contributed by atoms with E-state index in [1.807, 2.05) is 0 Å². The Labute approximate surface area is 165 Å². The van der Waals surface area contributed by atoms with E-state index in [2.05, 4.69) is 5.43 Å². The smallest absolute Gasteiger partial charge is 0.269 e. The minimum atomic E-state index is -1.31. The normalized spacial score (nSPS) is 15.7. The fraction of sp³-hybridized carbons (Fsp3) is 0.158. The Kier molecular flexibility index (Phi) is 5.60. The monoisotopic (exact) mass is 400 g/mol. The van der Waals surface area contributed by atoms with Gasteiger partial charge in [0.1, 0.15) is 6.04 Å². The van der Waals surface area contributed by atoms with Gasteiger partial charge in [-0.3, -0.25) is 20.3 Å². The van der Waals surface area contributed by atoms with Crippen LogP contribution in [0.25, 0.3) is 5.70 Å². The maximum absolute atomic E-state index is 12.6. The molecule has 1 aliphatic rings. The molecular weight excluding hydrogens is 386 g/mol. The minimum absolute atomic E-state index is 0.0492. The summed E-state index contributed by atoms with van der Waals surface area (Å²) in [7, 11) is 0. The Balaban J connectivity index is 1.93. The lowest BCUT2D eigenvalue weighted by Gasteiger charge is -2.26. The summed E-state index contributed by atoms with van der Waals surface area (Å²) in [4.78, 5) is 33.6. The van der Waals surface area contributed by atoms with Crippen LogP contribution in [0, 0.1) is 10.1 Å². The third-order valence-corrected chi connectivity index (χ3v) is 4.61. The first-order valence-electron chi connectivity index (χ1n) is 8.36. The summed E-state index contributed by atoms with van der Waals surface area (Å²) in [5, 5.41) is 23.3. The van der Waals surface area contributed by atoms with E-state index in [-0.39, 0.29) is 12.1 Å². The predicted octanol–water partition coefficient (Wildman–Crippen LogP) is 2.21. The van der Waals surface area contributed by atoms with Gasteiger partial charge in [-0.15, -0.1) is 0 Å². The topological polar surface area (TPSA) is 116 Å².